The highest BCUT2D eigenvalue weighted by atomic mass is 19.1. The molecule has 0 saturated heterocycles. The highest BCUT2D eigenvalue weighted by Gasteiger charge is 2.24. The second-order valence-corrected chi connectivity index (χ2v) is 9.04. The van der Waals surface area contributed by atoms with Crippen LogP contribution in [0.15, 0.2) is 84.9 Å². The molecule has 5 nitrogen and oxygen atoms in total. The Bertz CT molecular complexity index is 1230. The van der Waals surface area contributed by atoms with Crippen LogP contribution < -0.4 is 4.74 Å². The summed E-state index contributed by atoms with van der Waals surface area (Å²) in [5.41, 5.74) is 3.68. The van der Waals surface area contributed by atoms with Crippen LogP contribution in [0.2, 0.25) is 0 Å². The Balaban J connectivity index is 1.64. The molecule has 0 spiro atoms. The molecule has 6 heteroatoms. The maximum atomic E-state index is 13.9. The van der Waals surface area contributed by atoms with Gasteiger partial charge in [0.2, 0.25) is 5.88 Å². The fraction of sp³-hybridized carbons (Fsp3) is 0.276. The monoisotopic (exact) mass is 473 g/mol. The number of aliphatic hydroxyl groups excluding tert-OH is 1. The Kier molecular flexibility index (Phi) is 7.95. The minimum absolute atomic E-state index is 0.182. The molecule has 4 rings (SSSR count). The number of rotatable bonds is 10. The molecule has 1 aromatic heterocycles. The molecule has 1 unspecified atom stereocenters. The van der Waals surface area contributed by atoms with Crippen molar-refractivity contribution >= 4 is 0 Å². The lowest BCUT2D eigenvalue weighted by molar-refractivity contribution is 0.0902. The van der Waals surface area contributed by atoms with Gasteiger partial charge >= 0.3 is 0 Å². The van der Waals surface area contributed by atoms with Gasteiger partial charge in [-0.15, -0.1) is 0 Å². The van der Waals surface area contributed by atoms with Crippen molar-refractivity contribution in [2.45, 2.75) is 45.9 Å². The van der Waals surface area contributed by atoms with E-state index >= 15 is 0 Å². The number of benzene rings is 3. The average molecular weight is 474 g/mol. The third kappa shape index (κ3) is 6.35. The van der Waals surface area contributed by atoms with Crippen molar-refractivity contribution in [3.63, 3.8) is 0 Å². The van der Waals surface area contributed by atoms with Crippen molar-refractivity contribution in [3.8, 4) is 17.3 Å². The number of aryl methyl sites for hydroxylation is 1. The molecule has 0 aliphatic heterocycles. The molecule has 4 aromatic rings. The molecule has 35 heavy (non-hydrogen) atoms. The summed E-state index contributed by atoms with van der Waals surface area (Å²) in [7, 11) is 0. The van der Waals surface area contributed by atoms with Gasteiger partial charge in [-0.05, 0) is 57.0 Å². The fourth-order valence-corrected chi connectivity index (χ4v) is 4.09. The molecule has 0 aliphatic rings. The van der Waals surface area contributed by atoms with Crippen molar-refractivity contribution in [2.75, 3.05) is 6.54 Å². The third-order valence-electron chi connectivity index (χ3n) is 6.00. The second kappa shape index (κ2) is 11.3. The van der Waals surface area contributed by atoms with Crippen LogP contribution in [0.1, 0.15) is 30.7 Å². The van der Waals surface area contributed by atoms with Crippen LogP contribution in [0.4, 0.5) is 4.39 Å². The number of hydrogen-bond donors (Lipinski definition) is 1. The smallest absolute Gasteiger partial charge is 0.227 e. The van der Waals surface area contributed by atoms with Crippen LogP contribution in [0.25, 0.3) is 5.69 Å². The highest BCUT2D eigenvalue weighted by Crippen LogP contribution is 2.32. The van der Waals surface area contributed by atoms with Gasteiger partial charge in [-0.25, -0.2) is 9.07 Å². The zero-order valence-corrected chi connectivity index (χ0v) is 20.4. The van der Waals surface area contributed by atoms with Crippen LogP contribution in [0.5, 0.6) is 11.6 Å². The minimum atomic E-state index is -0.517. The number of ether oxygens (including phenoxy) is 1. The first-order valence-electron chi connectivity index (χ1n) is 11.9. The second-order valence-electron chi connectivity index (χ2n) is 9.04. The first kappa shape index (κ1) is 24.6. The number of aromatic nitrogens is 2. The molecule has 3 aromatic carbocycles. The van der Waals surface area contributed by atoms with Crippen LogP contribution in [0, 0.1) is 12.7 Å². The first-order valence-corrected chi connectivity index (χ1v) is 11.9. The van der Waals surface area contributed by atoms with Crippen molar-refractivity contribution in [1.29, 1.82) is 0 Å². The normalized spacial score (nSPS) is 12.3. The van der Waals surface area contributed by atoms with E-state index < -0.39 is 6.10 Å². The molecule has 0 bridgehead atoms. The van der Waals surface area contributed by atoms with Crippen LogP contribution in [0.3, 0.4) is 0 Å². The Morgan fingerprint density at radius 1 is 0.971 bits per heavy atom. The molecule has 1 N–H and O–H groups in total. The summed E-state index contributed by atoms with van der Waals surface area (Å²) in [6, 6.07) is 26.0. The van der Waals surface area contributed by atoms with E-state index in [9.17, 15) is 9.50 Å². The summed E-state index contributed by atoms with van der Waals surface area (Å²) in [4.78, 5) is 2.21. The summed E-state index contributed by atoms with van der Waals surface area (Å²) in [5, 5.41) is 15.6. The molecular formula is C29H32FN3O2. The molecule has 1 atom stereocenters. The Morgan fingerprint density at radius 3 is 2.31 bits per heavy atom. The number of hydrogen-bond acceptors (Lipinski definition) is 4. The Hall–Kier alpha value is -3.48. The summed E-state index contributed by atoms with van der Waals surface area (Å²) < 4.78 is 21.9. The Morgan fingerprint density at radius 2 is 1.66 bits per heavy atom. The minimum Gasteiger partial charge on any atom is -0.438 e. The molecule has 0 fully saturated rings. The van der Waals surface area contributed by atoms with E-state index in [1.54, 1.807) is 16.8 Å². The van der Waals surface area contributed by atoms with Gasteiger partial charge in [0, 0.05) is 25.2 Å². The van der Waals surface area contributed by atoms with E-state index in [0.717, 1.165) is 22.5 Å². The largest absolute Gasteiger partial charge is 0.438 e. The van der Waals surface area contributed by atoms with Crippen molar-refractivity contribution < 1.29 is 14.2 Å². The number of aliphatic hydroxyl groups is 1. The fourth-order valence-electron chi connectivity index (χ4n) is 4.09. The predicted molar refractivity (Wildman–Crippen MR) is 136 cm³/mol. The lowest BCUT2D eigenvalue weighted by Gasteiger charge is -2.29. The van der Waals surface area contributed by atoms with Crippen molar-refractivity contribution in [1.82, 2.24) is 14.7 Å². The lowest BCUT2D eigenvalue weighted by atomic mass is 10.1. The molecule has 0 radical (unpaired) electrons. The number of halogens is 1. The predicted octanol–water partition coefficient (Wildman–Crippen LogP) is 5.93. The summed E-state index contributed by atoms with van der Waals surface area (Å²) in [5.74, 6) is 0.588. The molecule has 0 amide bonds. The van der Waals surface area contributed by atoms with Gasteiger partial charge in [0.1, 0.15) is 11.6 Å². The summed E-state index contributed by atoms with van der Waals surface area (Å²) in [6.07, 6.45) is 0.0655. The summed E-state index contributed by atoms with van der Waals surface area (Å²) >= 11 is 0. The zero-order chi connectivity index (χ0) is 24.8. The third-order valence-corrected chi connectivity index (χ3v) is 6.00. The van der Waals surface area contributed by atoms with Gasteiger partial charge in [0.25, 0.3) is 0 Å². The summed E-state index contributed by atoms with van der Waals surface area (Å²) in [6.45, 7) is 7.21. The topological polar surface area (TPSA) is 50.5 Å². The molecule has 0 saturated carbocycles. The molecule has 0 aliphatic carbocycles. The highest BCUT2D eigenvalue weighted by molar-refractivity contribution is 5.43. The van der Waals surface area contributed by atoms with Crippen LogP contribution >= 0.6 is 0 Å². The van der Waals surface area contributed by atoms with E-state index in [1.807, 2.05) is 67.6 Å². The van der Waals surface area contributed by atoms with Gasteiger partial charge in [0.05, 0.1) is 23.0 Å². The standard InChI is InChI=1S/C29H32FN3O2/c1-21(2)32(19-26(34)17-23-11-6-4-7-12-23)20-28-22(3)31-33(25-14-8-5-9-15-25)29(28)35-27-16-10-13-24(30)18-27/h4-16,18,21,26,34H,17,19-20H2,1-3H3. The maximum absolute atomic E-state index is 13.9. The van der Waals surface area contributed by atoms with E-state index in [4.69, 9.17) is 9.84 Å². The van der Waals surface area contributed by atoms with Gasteiger partial charge in [-0.3, -0.25) is 4.90 Å². The lowest BCUT2D eigenvalue weighted by Crippen LogP contribution is -2.38. The van der Waals surface area contributed by atoms with Crippen molar-refractivity contribution in [3.05, 3.63) is 108 Å². The SMILES string of the molecule is Cc1nn(-c2ccccc2)c(Oc2cccc(F)c2)c1CN(CC(O)Cc1ccccc1)C(C)C. The Labute approximate surface area is 206 Å². The molecular weight excluding hydrogens is 441 g/mol. The zero-order valence-electron chi connectivity index (χ0n) is 20.4. The van der Waals surface area contributed by atoms with E-state index in [1.165, 1.54) is 12.1 Å². The molecule has 182 valence electrons. The maximum Gasteiger partial charge on any atom is 0.227 e. The van der Waals surface area contributed by atoms with Gasteiger partial charge in [-0.1, -0.05) is 54.6 Å². The van der Waals surface area contributed by atoms with Gasteiger partial charge < -0.3 is 9.84 Å². The first-order chi connectivity index (χ1) is 16.9. The average Bonchev–Trinajstić information content (AvgIpc) is 3.14. The molecule has 1 heterocycles. The van der Waals surface area contributed by atoms with Crippen molar-refractivity contribution in [2.24, 2.45) is 0 Å². The number of para-hydroxylation sites is 1. The van der Waals surface area contributed by atoms with Crippen LogP contribution in [-0.2, 0) is 13.0 Å². The van der Waals surface area contributed by atoms with Gasteiger partial charge in [0.15, 0.2) is 0 Å². The van der Waals surface area contributed by atoms with Crippen LogP contribution in [-0.4, -0.2) is 38.5 Å². The van der Waals surface area contributed by atoms with E-state index in [0.29, 0.717) is 31.1 Å². The van der Waals surface area contributed by atoms with Gasteiger partial charge in [-0.2, -0.15) is 5.10 Å². The quantitative estimate of drug-likeness (QED) is 0.310. The van der Waals surface area contributed by atoms with E-state index in [2.05, 4.69) is 18.7 Å². The number of nitrogens with zero attached hydrogens (tertiary/aromatic N) is 3. The van der Waals surface area contributed by atoms with E-state index in [-0.39, 0.29) is 11.9 Å².